The van der Waals surface area contributed by atoms with Gasteiger partial charge in [-0.2, -0.15) is 0 Å². The van der Waals surface area contributed by atoms with Gasteiger partial charge in [-0.25, -0.2) is 4.79 Å². The Morgan fingerprint density at radius 3 is 2.22 bits per heavy atom. The molecule has 5 nitrogen and oxygen atoms in total. The van der Waals surface area contributed by atoms with Gasteiger partial charge in [-0.3, -0.25) is 4.79 Å². The van der Waals surface area contributed by atoms with E-state index in [-0.39, 0.29) is 17.0 Å². The summed E-state index contributed by atoms with van der Waals surface area (Å²) in [5, 5.41) is 21.3. The van der Waals surface area contributed by atoms with Gasteiger partial charge in [0.1, 0.15) is 5.75 Å². The Kier molecular flexibility index (Phi) is 5.33. The standard InChI is InChI=1S/C22H17NO4/c24-18-10-6-15(7-11-18)8-13-21(25)23-20-14-17(9-12-19(20)22(26)27)16-4-2-1-3-5-16/h1-14,24H,(H,23,25)(H,26,27). The van der Waals surface area contributed by atoms with Crippen molar-refractivity contribution in [3.63, 3.8) is 0 Å². The van der Waals surface area contributed by atoms with Crippen LogP contribution in [0.5, 0.6) is 5.75 Å². The van der Waals surface area contributed by atoms with Gasteiger partial charge in [0.05, 0.1) is 11.3 Å². The summed E-state index contributed by atoms with van der Waals surface area (Å²) in [5.74, 6) is -1.43. The minimum absolute atomic E-state index is 0.0149. The first-order valence-electron chi connectivity index (χ1n) is 8.24. The lowest BCUT2D eigenvalue weighted by Gasteiger charge is -2.10. The fourth-order valence-electron chi connectivity index (χ4n) is 2.58. The number of carboxylic acid groups (broad SMARTS) is 1. The predicted molar refractivity (Wildman–Crippen MR) is 105 cm³/mol. The highest BCUT2D eigenvalue weighted by Crippen LogP contribution is 2.26. The number of phenolic OH excluding ortho intramolecular Hbond substituents is 1. The van der Waals surface area contributed by atoms with Crippen molar-refractivity contribution >= 4 is 23.6 Å². The molecule has 27 heavy (non-hydrogen) atoms. The highest BCUT2D eigenvalue weighted by molar-refractivity contribution is 6.06. The van der Waals surface area contributed by atoms with Gasteiger partial charge in [-0.1, -0.05) is 48.5 Å². The van der Waals surface area contributed by atoms with E-state index in [4.69, 9.17) is 0 Å². The predicted octanol–water partition coefficient (Wildman–Crippen LogP) is 4.41. The SMILES string of the molecule is O=C(C=Cc1ccc(O)cc1)Nc1cc(-c2ccccc2)ccc1C(=O)O. The molecule has 0 saturated carbocycles. The molecule has 0 radical (unpaired) electrons. The van der Waals surface area contributed by atoms with E-state index in [1.807, 2.05) is 30.3 Å². The number of phenols is 1. The molecule has 134 valence electrons. The van der Waals surface area contributed by atoms with Gasteiger partial charge >= 0.3 is 5.97 Å². The third kappa shape index (κ3) is 4.61. The van der Waals surface area contributed by atoms with Gasteiger partial charge in [0, 0.05) is 6.08 Å². The Bertz CT molecular complexity index is 993. The molecule has 3 N–H and O–H groups in total. The van der Waals surface area contributed by atoms with E-state index in [9.17, 15) is 19.8 Å². The molecule has 3 rings (SSSR count). The van der Waals surface area contributed by atoms with E-state index in [2.05, 4.69) is 5.32 Å². The number of anilines is 1. The van der Waals surface area contributed by atoms with E-state index in [1.165, 1.54) is 24.3 Å². The second kappa shape index (κ2) is 8.01. The number of rotatable bonds is 5. The highest BCUT2D eigenvalue weighted by Gasteiger charge is 2.13. The van der Waals surface area contributed by atoms with E-state index in [1.54, 1.807) is 30.3 Å². The zero-order valence-corrected chi connectivity index (χ0v) is 14.3. The van der Waals surface area contributed by atoms with Crippen LogP contribution in [0.4, 0.5) is 5.69 Å². The fourth-order valence-corrected chi connectivity index (χ4v) is 2.58. The summed E-state index contributed by atoms with van der Waals surface area (Å²) in [6, 6.07) is 20.7. The van der Waals surface area contributed by atoms with Gasteiger partial charge in [0.15, 0.2) is 0 Å². The largest absolute Gasteiger partial charge is 0.508 e. The summed E-state index contributed by atoms with van der Waals surface area (Å²) in [7, 11) is 0. The minimum atomic E-state index is -1.12. The maximum Gasteiger partial charge on any atom is 0.337 e. The molecule has 0 heterocycles. The zero-order chi connectivity index (χ0) is 19.2. The van der Waals surface area contributed by atoms with Crippen molar-refractivity contribution in [1.82, 2.24) is 0 Å². The van der Waals surface area contributed by atoms with Gasteiger partial charge in [-0.15, -0.1) is 0 Å². The van der Waals surface area contributed by atoms with E-state index < -0.39 is 11.9 Å². The van der Waals surface area contributed by atoms with Crippen molar-refractivity contribution in [2.24, 2.45) is 0 Å². The van der Waals surface area contributed by atoms with Crippen molar-refractivity contribution in [2.45, 2.75) is 0 Å². The van der Waals surface area contributed by atoms with E-state index >= 15 is 0 Å². The number of carbonyl (C=O) groups is 2. The minimum Gasteiger partial charge on any atom is -0.508 e. The molecule has 3 aromatic rings. The Morgan fingerprint density at radius 1 is 0.852 bits per heavy atom. The van der Waals surface area contributed by atoms with Gasteiger partial charge < -0.3 is 15.5 Å². The smallest absolute Gasteiger partial charge is 0.337 e. The Labute approximate surface area is 156 Å². The lowest BCUT2D eigenvalue weighted by Crippen LogP contribution is -2.12. The Balaban J connectivity index is 1.84. The first-order valence-corrected chi connectivity index (χ1v) is 8.24. The molecular formula is C22H17NO4. The average molecular weight is 359 g/mol. The Morgan fingerprint density at radius 2 is 1.56 bits per heavy atom. The number of benzene rings is 3. The summed E-state index contributed by atoms with van der Waals surface area (Å²) >= 11 is 0. The number of aromatic carboxylic acids is 1. The molecule has 0 aliphatic heterocycles. The Hall–Kier alpha value is -3.86. The summed E-state index contributed by atoms with van der Waals surface area (Å²) in [5.41, 5.74) is 2.70. The maximum absolute atomic E-state index is 12.2. The number of amides is 1. The van der Waals surface area contributed by atoms with Gasteiger partial charge in [0.25, 0.3) is 0 Å². The summed E-state index contributed by atoms with van der Waals surface area (Å²) < 4.78 is 0. The maximum atomic E-state index is 12.2. The van der Waals surface area contributed by atoms with Crippen molar-refractivity contribution in [3.8, 4) is 16.9 Å². The molecule has 0 aromatic heterocycles. The van der Waals surface area contributed by atoms with Crippen LogP contribution in [-0.4, -0.2) is 22.1 Å². The molecule has 0 spiro atoms. The fraction of sp³-hybridized carbons (Fsp3) is 0. The summed E-state index contributed by atoms with van der Waals surface area (Å²) in [4.78, 5) is 23.7. The average Bonchev–Trinajstić information content (AvgIpc) is 2.68. The quantitative estimate of drug-likeness (QED) is 0.589. The van der Waals surface area contributed by atoms with Gasteiger partial charge in [0.2, 0.25) is 5.91 Å². The van der Waals surface area contributed by atoms with E-state index in [0.29, 0.717) is 0 Å². The molecule has 3 aromatic carbocycles. The number of hydrogen-bond donors (Lipinski definition) is 3. The van der Waals surface area contributed by atoms with Gasteiger partial charge in [-0.05, 0) is 47.0 Å². The molecular weight excluding hydrogens is 342 g/mol. The first-order chi connectivity index (χ1) is 13.0. The number of nitrogens with one attached hydrogen (secondary N) is 1. The molecule has 0 bridgehead atoms. The van der Waals surface area contributed by atoms with Crippen molar-refractivity contribution in [1.29, 1.82) is 0 Å². The van der Waals surface area contributed by atoms with Crippen molar-refractivity contribution in [2.75, 3.05) is 5.32 Å². The lowest BCUT2D eigenvalue weighted by atomic mass is 10.0. The summed E-state index contributed by atoms with van der Waals surface area (Å²) in [6.45, 7) is 0. The normalized spacial score (nSPS) is 10.7. The molecule has 1 amide bonds. The van der Waals surface area contributed by atoms with Crippen LogP contribution in [0.15, 0.2) is 78.9 Å². The van der Waals surface area contributed by atoms with Crippen molar-refractivity contribution in [3.05, 3.63) is 90.0 Å². The number of carbonyl (C=O) groups excluding carboxylic acids is 1. The van der Waals surface area contributed by atoms with Crippen LogP contribution < -0.4 is 5.32 Å². The monoisotopic (exact) mass is 359 g/mol. The second-order valence-electron chi connectivity index (χ2n) is 5.85. The second-order valence-corrected chi connectivity index (χ2v) is 5.85. The van der Waals surface area contributed by atoms with Crippen LogP contribution in [0.2, 0.25) is 0 Å². The molecule has 0 fully saturated rings. The molecule has 0 unspecified atom stereocenters. The molecule has 5 heteroatoms. The summed E-state index contributed by atoms with van der Waals surface area (Å²) in [6.07, 6.45) is 2.89. The van der Waals surface area contributed by atoms with Crippen LogP contribution in [0.25, 0.3) is 17.2 Å². The topological polar surface area (TPSA) is 86.6 Å². The zero-order valence-electron chi connectivity index (χ0n) is 14.3. The number of hydrogen-bond acceptors (Lipinski definition) is 3. The third-order valence-corrected chi connectivity index (χ3v) is 3.94. The van der Waals surface area contributed by atoms with Crippen LogP contribution in [0.1, 0.15) is 15.9 Å². The third-order valence-electron chi connectivity index (χ3n) is 3.94. The van der Waals surface area contributed by atoms with Crippen LogP contribution in [-0.2, 0) is 4.79 Å². The van der Waals surface area contributed by atoms with Crippen LogP contribution in [0.3, 0.4) is 0 Å². The van der Waals surface area contributed by atoms with Crippen LogP contribution >= 0.6 is 0 Å². The molecule has 0 aliphatic carbocycles. The van der Waals surface area contributed by atoms with Crippen LogP contribution in [0, 0.1) is 0 Å². The molecule has 0 atom stereocenters. The van der Waals surface area contributed by atoms with Crippen molar-refractivity contribution < 1.29 is 19.8 Å². The number of carboxylic acids is 1. The number of aromatic hydroxyl groups is 1. The molecule has 0 saturated heterocycles. The first kappa shape index (κ1) is 17.9. The highest BCUT2D eigenvalue weighted by atomic mass is 16.4. The lowest BCUT2D eigenvalue weighted by molar-refractivity contribution is -0.111. The van der Waals surface area contributed by atoms with E-state index in [0.717, 1.165) is 16.7 Å². The molecule has 0 aliphatic rings.